The third-order valence-electron chi connectivity index (χ3n) is 4.05. The summed E-state index contributed by atoms with van der Waals surface area (Å²) in [6.07, 6.45) is -1.65. The highest BCUT2D eigenvalue weighted by molar-refractivity contribution is 5.90. The largest absolute Gasteiger partial charge is 0.491 e. The van der Waals surface area contributed by atoms with Crippen LogP contribution in [0.25, 0.3) is 0 Å². The molecule has 0 aliphatic rings. The van der Waals surface area contributed by atoms with Gasteiger partial charge in [-0.2, -0.15) is 0 Å². The van der Waals surface area contributed by atoms with E-state index in [4.69, 9.17) is 4.74 Å². The highest BCUT2D eigenvalue weighted by atomic mass is 16.5. The molecule has 3 N–H and O–H groups in total. The summed E-state index contributed by atoms with van der Waals surface area (Å²) >= 11 is 0. The number of para-hydroxylation sites is 2. The van der Waals surface area contributed by atoms with Crippen LogP contribution >= 0.6 is 0 Å². The maximum absolute atomic E-state index is 12.3. The Bertz CT molecular complexity index is 731. The second-order valence-corrected chi connectivity index (χ2v) is 6.35. The van der Waals surface area contributed by atoms with Crippen molar-refractivity contribution in [2.75, 3.05) is 25.5 Å². The van der Waals surface area contributed by atoms with E-state index in [0.717, 1.165) is 11.3 Å². The van der Waals surface area contributed by atoms with Crippen molar-refractivity contribution in [1.29, 1.82) is 0 Å². The number of carbonyl (C=O) groups excluding carboxylic acids is 1. The molecule has 26 heavy (non-hydrogen) atoms. The van der Waals surface area contributed by atoms with E-state index in [1.54, 1.807) is 31.3 Å². The van der Waals surface area contributed by atoms with Crippen LogP contribution in [0.1, 0.15) is 37.2 Å². The second-order valence-electron chi connectivity index (χ2n) is 6.35. The normalized spacial score (nSPS) is 10.9. The zero-order valence-corrected chi connectivity index (χ0v) is 15.3. The van der Waals surface area contributed by atoms with E-state index in [1.807, 2.05) is 24.3 Å². The lowest BCUT2D eigenvalue weighted by molar-refractivity contribution is -0.0418. The number of ether oxygens (including phenoxy) is 1. The Morgan fingerprint density at radius 1 is 1.08 bits per heavy atom. The maximum atomic E-state index is 12.3. The summed E-state index contributed by atoms with van der Waals surface area (Å²) in [5.74, 6) is 1.18. The lowest BCUT2D eigenvalue weighted by Gasteiger charge is -2.20. The van der Waals surface area contributed by atoms with Crippen LogP contribution in [0, 0.1) is 0 Å². The summed E-state index contributed by atoms with van der Waals surface area (Å²) in [6, 6.07) is 14.1. The van der Waals surface area contributed by atoms with Gasteiger partial charge in [0.2, 0.25) is 0 Å². The molecule has 6 heteroatoms. The summed E-state index contributed by atoms with van der Waals surface area (Å²) in [5, 5.41) is 21.4. The molecular formula is C20H26N2O4. The molecule has 0 aromatic heterocycles. The van der Waals surface area contributed by atoms with Gasteiger partial charge in [0.1, 0.15) is 12.4 Å². The van der Waals surface area contributed by atoms with E-state index in [9.17, 15) is 15.0 Å². The van der Waals surface area contributed by atoms with Crippen molar-refractivity contribution in [1.82, 2.24) is 4.90 Å². The van der Waals surface area contributed by atoms with Gasteiger partial charge in [0.25, 0.3) is 0 Å². The molecule has 0 fully saturated rings. The van der Waals surface area contributed by atoms with Crippen LogP contribution in [0.2, 0.25) is 0 Å². The summed E-state index contributed by atoms with van der Waals surface area (Å²) in [4.78, 5) is 13.8. The molecule has 0 bridgehead atoms. The number of rotatable bonds is 7. The van der Waals surface area contributed by atoms with Gasteiger partial charge in [-0.05, 0) is 23.6 Å². The van der Waals surface area contributed by atoms with E-state index in [2.05, 4.69) is 19.2 Å². The standard InChI is InChI=1S/C20H26N2O4/c1-14(2)15-8-5-7-11-18(15)26-13-12-22(3)20(25)21-17-10-6-4-9-16(17)19(23)24/h4-11,14,19,23-24H,12-13H2,1-3H3,(H,21,25). The van der Waals surface area contributed by atoms with Crippen LogP contribution in [0.5, 0.6) is 5.75 Å². The van der Waals surface area contributed by atoms with Crippen LogP contribution in [0.3, 0.4) is 0 Å². The van der Waals surface area contributed by atoms with Crippen LogP contribution in [-0.4, -0.2) is 41.3 Å². The van der Waals surface area contributed by atoms with Crippen molar-refractivity contribution < 1.29 is 19.7 Å². The van der Waals surface area contributed by atoms with Gasteiger partial charge in [0, 0.05) is 12.6 Å². The number of amides is 2. The SMILES string of the molecule is CC(C)c1ccccc1OCCN(C)C(=O)Nc1ccccc1C(O)O. The number of nitrogens with zero attached hydrogens (tertiary/aromatic N) is 1. The van der Waals surface area contributed by atoms with Gasteiger partial charge in [-0.3, -0.25) is 0 Å². The van der Waals surface area contributed by atoms with Gasteiger partial charge in [-0.15, -0.1) is 0 Å². The molecule has 0 heterocycles. The smallest absolute Gasteiger partial charge is 0.321 e. The van der Waals surface area contributed by atoms with E-state index in [1.165, 1.54) is 4.90 Å². The van der Waals surface area contributed by atoms with Crippen LogP contribution in [0.15, 0.2) is 48.5 Å². The van der Waals surface area contributed by atoms with Crippen molar-refractivity contribution in [3.8, 4) is 5.75 Å². The molecule has 0 aliphatic carbocycles. The van der Waals surface area contributed by atoms with Crippen LogP contribution in [-0.2, 0) is 0 Å². The Balaban J connectivity index is 1.91. The minimum absolute atomic E-state index is 0.247. The molecule has 0 saturated carbocycles. The number of nitrogens with one attached hydrogen (secondary N) is 1. The zero-order chi connectivity index (χ0) is 19.1. The first-order valence-electron chi connectivity index (χ1n) is 8.59. The number of hydrogen-bond acceptors (Lipinski definition) is 4. The Hall–Kier alpha value is -2.57. The third kappa shape index (κ3) is 5.21. The van der Waals surface area contributed by atoms with E-state index in [0.29, 0.717) is 24.8 Å². The van der Waals surface area contributed by atoms with Crippen molar-refractivity contribution in [2.45, 2.75) is 26.1 Å². The fourth-order valence-corrected chi connectivity index (χ4v) is 2.53. The molecule has 0 spiro atoms. The second kappa shape index (κ2) is 9.22. The minimum Gasteiger partial charge on any atom is -0.491 e. The number of carbonyl (C=O) groups is 1. The first kappa shape index (κ1) is 19.8. The third-order valence-corrected chi connectivity index (χ3v) is 4.05. The molecule has 2 amide bonds. The Labute approximate surface area is 154 Å². The highest BCUT2D eigenvalue weighted by Crippen LogP contribution is 2.25. The molecule has 0 unspecified atom stereocenters. The van der Waals surface area contributed by atoms with Crippen LogP contribution < -0.4 is 10.1 Å². The quantitative estimate of drug-likeness (QED) is 0.663. The molecule has 2 aromatic carbocycles. The van der Waals surface area contributed by atoms with Gasteiger partial charge in [0.05, 0.1) is 12.2 Å². The molecule has 0 radical (unpaired) electrons. The maximum Gasteiger partial charge on any atom is 0.321 e. The summed E-state index contributed by atoms with van der Waals surface area (Å²) in [7, 11) is 1.66. The van der Waals surface area contributed by atoms with Gasteiger partial charge in [-0.1, -0.05) is 50.2 Å². The molecule has 0 saturated heterocycles. The van der Waals surface area contributed by atoms with E-state index < -0.39 is 6.29 Å². The predicted molar refractivity (Wildman–Crippen MR) is 101 cm³/mol. The summed E-state index contributed by atoms with van der Waals surface area (Å²) in [6.45, 7) is 4.96. The number of urea groups is 1. The first-order valence-corrected chi connectivity index (χ1v) is 8.59. The Morgan fingerprint density at radius 2 is 1.69 bits per heavy atom. The van der Waals surface area contributed by atoms with E-state index in [-0.39, 0.29) is 11.6 Å². The average Bonchev–Trinajstić information content (AvgIpc) is 2.62. The number of aliphatic hydroxyl groups excluding tert-OH is 1. The lowest BCUT2D eigenvalue weighted by atomic mass is 10.0. The predicted octanol–water partition coefficient (Wildman–Crippen LogP) is 3.34. The average molecular weight is 358 g/mol. The zero-order valence-electron chi connectivity index (χ0n) is 15.3. The minimum atomic E-state index is -1.65. The molecule has 2 rings (SSSR count). The monoisotopic (exact) mass is 358 g/mol. The fourth-order valence-electron chi connectivity index (χ4n) is 2.53. The van der Waals surface area contributed by atoms with Crippen LogP contribution in [0.4, 0.5) is 10.5 Å². The topological polar surface area (TPSA) is 82.0 Å². The Morgan fingerprint density at radius 3 is 2.35 bits per heavy atom. The van der Waals surface area contributed by atoms with Gasteiger partial charge in [0.15, 0.2) is 6.29 Å². The van der Waals surface area contributed by atoms with Crippen molar-refractivity contribution in [2.24, 2.45) is 0 Å². The summed E-state index contributed by atoms with van der Waals surface area (Å²) < 4.78 is 5.83. The van der Waals surface area contributed by atoms with E-state index >= 15 is 0 Å². The molecule has 2 aromatic rings. The molecule has 6 nitrogen and oxygen atoms in total. The number of aliphatic hydroxyl groups is 2. The number of likely N-dealkylation sites (N-methyl/N-ethyl adjacent to an activating group) is 1. The first-order chi connectivity index (χ1) is 12.4. The lowest BCUT2D eigenvalue weighted by Crippen LogP contribution is -2.34. The van der Waals surface area contributed by atoms with Crippen molar-refractivity contribution in [3.05, 3.63) is 59.7 Å². The summed E-state index contributed by atoms with van der Waals surface area (Å²) in [5.41, 5.74) is 1.74. The molecule has 140 valence electrons. The van der Waals surface area contributed by atoms with Gasteiger partial charge < -0.3 is 25.2 Å². The molecule has 0 aliphatic heterocycles. The number of anilines is 1. The van der Waals surface area contributed by atoms with Crippen molar-refractivity contribution in [3.63, 3.8) is 0 Å². The van der Waals surface area contributed by atoms with Gasteiger partial charge >= 0.3 is 6.03 Å². The molecular weight excluding hydrogens is 332 g/mol. The number of benzene rings is 2. The van der Waals surface area contributed by atoms with Gasteiger partial charge in [-0.25, -0.2) is 4.79 Å². The number of hydrogen-bond donors (Lipinski definition) is 3. The molecule has 0 atom stereocenters. The highest BCUT2D eigenvalue weighted by Gasteiger charge is 2.14. The Kier molecular flexibility index (Phi) is 7.00. The van der Waals surface area contributed by atoms with Crippen molar-refractivity contribution >= 4 is 11.7 Å². The fraction of sp³-hybridized carbons (Fsp3) is 0.350.